The lowest BCUT2D eigenvalue weighted by atomic mass is 9.77. The molecule has 1 aliphatic heterocycles. The van der Waals surface area contributed by atoms with E-state index in [2.05, 4.69) is 55.7 Å². The van der Waals surface area contributed by atoms with Gasteiger partial charge < -0.3 is 15.4 Å². The van der Waals surface area contributed by atoms with Crippen LogP contribution in [0.1, 0.15) is 72.6 Å². The maximum Gasteiger partial charge on any atom is 0.337 e. The quantitative estimate of drug-likeness (QED) is 0.406. The molecule has 0 radical (unpaired) electrons. The second-order valence-corrected chi connectivity index (χ2v) is 10.7. The summed E-state index contributed by atoms with van der Waals surface area (Å²) in [5.41, 5.74) is 7.58. The number of hydrogen-bond acceptors (Lipinski definition) is 5. The molecule has 5 rings (SSSR count). The molecule has 0 bridgehead atoms. The SMILES string of the molecule is COC(=O)c1ccc(C2Nc3ccccc3NC3=C2C(=O)CC(c2ccc(C(C)(C)C)cc2)C3)cc1. The molecular weight excluding hydrogens is 448 g/mol. The van der Waals surface area contributed by atoms with E-state index in [-0.39, 0.29) is 29.1 Å². The van der Waals surface area contributed by atoms with Crippen LogP contribution >= 0.6 is 0 Å². The molecule has 3 aromatic carbocycles. The number of ether oxygens (including phenoxy) is 1. The first-order chi connectivity index (χ1) is 17.2. The van der Waals surface area contributed by atoms with Crippen molar-refractivity contribution in [3.05, 3.63) is 106 Å². The Kier molecular flexibility index (Phi) is 6.17. The number of ketones is 1. The van der Waals surface area contributed by atoms with Gasteiger partial charge >= 0.3 is 5.97 Å². The van der Waals surface area contributed by atoms with Crippen LogP contribution in [0.25, 0.3) is 0 Å². The molecule has 3 aromatic rings. The standard InChI is InChI=1S/C31H32N2O3/c1-31(2,3)23-15-13-19(14-16-23)22-17-26-28(27(34)18-22)29(33-25-8-6-5-7-24(25)32-26)20-9-11-21(12-10-20)30(35)36-4/h5-16,22,29,32-33H,17-18H2,1-4H3. The second kappa shape index (κ2) is 9.30. The van der Waals surface area contributed by atoms with Crippen LogP contribution in [0.4, 0.5) is 11.4 Å². The van der Waals surface area contributed by atoms with Gasteiger partial charge in [-0.1, -0.05) is 69.3 Å². The van der Waals surface area contributed by atoms with Crippen LogP contribution in [-0.2, 0) is 14.9 Å². The van der Waals surface area contributed by atoms with Crippen molar-refractivity contribution in [2.45, 2.75) is 51.0 Å². The van der Waals surface area contributed by atoms with Crippen LogP contribution < -0.4 is 10.6 Å². The van der Waals surface area contributed by atoms with E-state index in [4.69, 9.17) is 4.74 Å². The average Bonchev–Trinajstić information content (AvgIpc) is 3.05. The average molecular weight is 481 g/mol. The number of anilines is 2. The van der Waals surface area contributed by atoms with Gasteiger partial charge in [-0.3, -0.25) is 4.79 Å². The lowest BCUT2D eigenvalue weighted by molar-refractivity contribution is -0.116. The number of carbonyl (C=O) groups excluding carboxylic acids is 2. The number of esters is 1. The molecule has 1 aliphatic carbocycles. The Hall–Kier alpha value is -3.86. The van der Waals surface area contributed by atoms with Crippen LogP contribution in [0, 0.1) is 0 Å². The highest BCUT2D eigenvalue weighted by molar-refractivity contribution is 6.01. The molecule has 0 saturated carbocycles. The fourth-order valence-electron chi connectivity index (χ4n) is 5.16. The van der Waals surface area contributed by atoms with Crippen molar-refractivity contribution in [3.8, 4) is 0 Å². The summed E-state index contributed by atoms with van der Waals surface area (Å²) < 4.78 is 4.84. The first kappa shape index (κ1) is 23.9. The van der Waals surface area contributed by atoms with Gasteiger partial charge in [0.2, 0.25) is 0 Å². The van der Waals surface area contributed by atoms with Crippen molar-refractivity contribution in [2.75, 3.05) is 17.7 Å². The summed E-state index contributed by atoms with van der Waals surface area (Å²) in [4.78, 5) is 25.7. The van der Waals surface area contributed by atoms with Crippen LogP contribution in [0.2, 0.25) is 0 Å². The van der Waals surface area contributed by atoms with Gasteiger partial charge in [0.1, 0.15) is 0 Å². The van der Waals surface area contributed by atoms with Gasteiger partial charge in [0.25, 0.3) is 0 Å². The fourth-order valence-corrected chi connectivity index (χ4v) is 5.16. The molecule has 184 valence electrons. The molecule has 2 atom stereocenters. The minimum atomic E-state index is -0.378. The maximum absolute atomic E-state index is 13.7. The number of rotatable bonds is 3. The highest BCUT2D eigenvalue weighted by Crippen LogP contribution is 2.44. The van der Waals surface area contributed by atoms with Crippen molar-refractivity contribution >= 4 is 23.1 Å². The van der Waals surface area contributed by atoms with E-state index in [9.17, 15) is 9.59 Å². The Morgan fingerprint density at radius 2 is 1.50 bits per heavy atom. The van der Waals surface area contributed by atoms with Gasteiger partial charge in [0.15, 0.2) is 5.78 Å². The van der Waals surface area contributed by atoms with Crippen LogP contribution in [0.15, 0.2) is 84.1 Å². The monoisotopic (exact) mass is 480 g/mol. The lowest BCUT2D eigenvalue weighted by Crippen LogP contribution is -2.27. The first-order valence-corrected chi connectivity index (χ1v) is 12.4. The van der Waals surface area contributed by atoms with E-state index >= 15 is 0 Å². The molecule has 2 N–H and O–H groups in total. The second-order valence-electron chi connectivity index (χ2n) is 10.7. The largest absolute Gasteiger partial charge is 0.465 e. The topological polar surface area (TPSA) is 67.4 Å². The van der Waals surface area contributed by atoms with E-state index < -0.39 is 0 Å². The van der Waals surface area contributed by atoms with Crippen LogP contribution in [0.5, 0.6) is 0 Å². The molecule has 36 heavy (non-hydrogen) atoms. The molecule has 2 aliphatic rings. The summed E-state index contributed by atoms with van der Waals surface area (Å²) in [7, 11) is 1.37. The third-order valence-electron chi connectivity index (χ3n) is 7.22. The number of para-hydroxylation sites is 2. The minimum absolute atomic E-state index is 0.0888. The molecule has 5 nitrogen and oxygen atoms in total. The summed E-state index contributed by atoms with van der Waals surface area (Å²) in [6, 6.07) is 23.7. The Labute approximate surface area is 212 Å². The predicted octanol–water partition coefficient (Wildman–Crippen LogP) is 6.75. The van der Waals surface area contributed by atoms with Crippen LogP contribution in [0.3, 0.4) is 0 Å². The van der Waals surface area contributed by atoms with Crippen molar-refractivity contribution in [3.63, 3.8) is 0 Å². The molecule has 5 heteroatoms. The zero-order valence-electron chi connectivity index (χ0n) is 21.2. The number of Topliss-reactive ketones (excluding diaryl/α,β-unsaturated/α-hetero) is 1. The first-order valence-electron chi connectivity index (χ1n) is 12.4. The van der Waals surface area contributed by atoms with Crippen molar-refractivity contribution in [1.29, 1.82) is 0 Å². The van der Waals surface area contributed by atoms with Gasteiger partial charge in [0.05, 0.1) is 30.1 Å². The van der Waals surface area contributed by atoms with Crippen LogP contribution in [-0.4, -0.2) is 18.9 Å². The maximum atomic E-state index is 13.7. The summed E-state index contributed by atoms with van der Waals surface area (Å²) in [5.74, 6) is -0.127. The number of carbonyl (C=O) groups is 2. The molecule has 0 amide bonds. The number of nitrogens with one attached hydrogen (secondary N) is 2. The van der Waals surface area contributed by atoms with E-state index in [1.165, 1.54) is 18.2 Å². The smallest absolute Gasteiger partial charge is 0.337 e. The summed E-state index contributed by atoms with van der Waals surface area (Å²) >= 11 is 0. The Balaban J connectivity index is 1.53. The van der Waals surface area contributed by atoms with E-state index in [0.717, 1.165) is 34.6 Å². The Bertz CT molecular complexity index is 1330. The van der Waals surface area contributed by atoms with E-state index in [1.807, 2.05) is 36.4 Å². The van der Waals surface area contributed by atoms with E-state index in [1.54, 1.807) is 12.1 Å². The van der Waals surface area contributed by atoms with Crippen molar-refractivity contribution < 1.29 is 14.3 Å². The van der Waals surface area contributed by atoms with E-state index in [0.29, 0.717) is 12.0 Å². The molecule has 0 saturated heterocycles. The highest BCUT2D eigenvalue weighted by atomic mass is 16.5. The Morgan fingerprint density at radius 3 is 2.14 bits per heavy atom. The molecule has 0 fully saturated rings. The highest BCUT2D eigenvalue weighted by Gasteiger charge is 2.36. The van der Waals surface area contributed by atoms with Crippen molar-refractivity contribution in [2.24, 2.45) is 0 Å². The number of hydrogen-bond donors (Lipinski definition) is 2. The lowest BCUT2D eigenvalue weighted by Gasteiger charge is -2.30. The normalized spacial score (nSPS) is 19.4. The van der Waals surface area contributed by atoms with Gasteiger partial charge in [-0.15, -0.1) is 0 Å². The molecule has 0 spiro atoms. The number of allylic oxidation sites excluding steroid dienone is 1. The summed E-state index contributed by atoms with van der Waals surface area (Å²) in [6.45, 7) is 6.63. The molecular formula is C31H32N2O3. The van der Waals surface area contributed by atoms with Crippen molar-refractivity contribution in [1.82, 2.24) is 0 Å². The summed E-state index contributed by atoms with van der Waals surface area (Å²) in [6.07, 6.45) is 1.22. The fraction of sp³-hybridized carbons (Fsp3) is 0.290. The zero-order valence-corrected chi connectivity index (χ0v) is 21.2. The number of methoxy groups -OCH3 is 1. The number of benzene rings is 3. The zero-order chi connectivity index (χ0) is 25.4. The van der Waals surface area contributed by atoms with Gasteiger partial charge in [0, 0.05) is 17.7 Å². The molecule has 1 heterocycles. The van der Waals surface area contributed by atoms with Gasteiger partial charge in [-0.05, 0) is 58.7 Å². The third-order valence-corrected chi connectivity index (χ3v) is 7.22. The van der Waals surface area contributed by atoms with Gasteiger partial charge in [-0.2, -0.15) is 0 Å². The van der Waals surface area contributed by atoms with Gasteiger partial charge in [-0.25, -0.2) is 4.79 Å². The summed E-state index contributed by atoms with van der Waals surface area (Å²) in [5, 5.41) is 7.18. The third kappa shape index (κ3) is 4.53. The minimum Gasteiger partial charge on any atom is -0.465 e. The Morgan fingerprint density at radius 1 is 0.861 bits per heavy atom. The molecule has 0 aromatic heterocycles. The molecule has 2 unspecified atom stereocenters. The number of fused-ring (bicyclic) bond motifs is 1. The predicted molar refractivity (Wildman–Crippen MR) is 143 cm³/mol.